The van der Waals surface area contributed by atoms with Gasteiger partial charge in [0.25, 0.3) is 0 Å². The van der Waals surface area contributed by atoms with Gasteiger partial charge in [0.2, 0.25) is 0 Å². The maximum absolute atomic E-state index is 5.82. The van der Waals surface area contributed by atoms with E-state index in [2.05, 4.69) is 17.0 Å². The summed E-state index contributed by atoms with van der Waals surface area (Å²) in [5.41, 5.74) is 6.78. The lowest BCUT2D eigenvalue weighted by molar-refractivity contribution is -0.0287. The van der Waals surface area contributed by atoms with E-state index in [0.29, 0.717) is 5.82 Å². The maximum atomic E-state index is 5.82. The average Bonchev–Trinajstić information content (AvgIpc) is 2.45. The molecule has 0 saturated carbocycles. The van der Waals surface area contributed by atoms with Crippen molar-refractivity contribution in [2.75, 3.05) is 32.5 Å². The number of ether oxygens (including phenoxy) is 1. The third-order valence-corrected chi connectivity index (χ3v) is 2.65. The van der Waals surface area contributed by atoms with E-state index in [1.807, 2.05) is 17.7 Å². The summed E-state index contributed by atoms with van der Waals surface area (Å²) in [5.74, 6) is 0.712. The molecule has 5 heteroatoms. The highest BCUT2D eigenvalue weighted by atomic mass is 16.5. The summed E-state index contributed by atoms with van der Waals surface area (Å²) in [5, 5.41) is 4.32. The fraction of sp³-hybridized carbons (Fsp3) is 0.700. The van der Waals surface area contributed by atoms with Crippen LogP contribution in [0.2, 0.25) is 0 Å². The van der Waals surface area contributed by atoms with Gasteiger partial charge in [-0.3, -0.25) is 0 Å². The second-order valence-electron chi connectivity index (χ2n) is 4.15. The standard InChI is InChI=1S/C10H18N4O/c1-8-5-10(11)14(12-8)7-9-6-13(2)3-4-15-9/h5,9H,3-4,6-7,11H2,1-2H3/t9-/m0/s1. The number of hydrogen-bond donors (Lipinski definition) is 1. The Morgan fingerprint density at radius 1 is 1.67 bits per heavy atom. The number of anilines is 1. The molecule has 1 aliphatic heterocycles. The molecule has 0 radical (unpaired) electrons. The summed E-state index contributed by atoms with van der Waals surface area (Å²) in [4.78, 5) is 2.26. The molecular weight excluding hydrogens is 192 g/mol. The van der Waals surface area contributed by atoms with Crippen LogP contribution in [0.15, 0.2) is 6.07 Å². The lowest BCUT2D eigenvalue weighted by Crippen LogP contribution is -2.42. The highest BCUT2D eigenvalue weighted by Gasteiger charge is 2.19. The number of aryl methyl sites for hydroxylation is 1. The highest BCUT2D eigenvalue weighted by Crippen LogP contribution is 2.10. The predicted octanol–water partition coefficient (Wildman–Crippen LogP) is 0.104. The fourth-order valence-corrected chi connectivity index (χ4v) is 1.88. The van der Waals surface area contributed by atoms with Crippen LogP contribution in [0.4, 0.5) is 5.82 Å². The molecule has 0 aliphatic carbocycles. The first-order valence-corrected chi connectivity index (χ1v) is 5.25. The van der Waals surface area contributed by atoms with Crippen molar-refractivity contribution in [1.82, 2.24) is 14.7 Å². The normalized spacial score (nSPS) is 23.2. The Labute approximate surface area is 89.8 Å². The van der Waals surface area contributed by atoms with Gasteiger partial charge in [0.1, 0.15) is 5.82 Å². The molecule has 5 nitrogen and oxygen atoms in total. The van der Waals surface area contributed by atoms with Gasteiger partial charge in [-0.1, -0.05) is 0 Å². The molecule has 1 aromatic heterocycles. The average molecular weight is 210 g/mol. The van der Waals surface area contributed by atoms with E-state index in [4.69, 9.17) is 10.5 Å². The monoisotopic (exact) mass is 210 g/mol. The number of hydrogen-bond acceptors (Lipinski definition) is 4. The Bertz CT molecular complexity index is 336. The van der Waals surface area contributed by atoms with Crippen LogP contribution in [-0.2, 0) is 11.3 Å². The third kappa shape index (κ3) is 2.49. The van der Waals surface area contributed by atoms with Crippen molar-refractivity contribution >= 4 is 5.82 Å². The molecule has 15 heavy (non-hydrogen) atoms. The van der Waals surface area contributed by atoms with Crippen molar-refractivity contribution in [2.24, 2.45) is 0 Å². The van der Waals surface area contributed by atoms with Crippen LogP contribution >= 0.6 is 0 Å². The Morgan fingerprint density at radius 2 is 2.47 bits per heavy atom. The zero-order chi connectivity index (χ0) is 10.8. The Morgan fingerprint density at radius 3 is 3.07 bits per heavy atom. The van der Waals surface area contributed by atoms with E-state index in [9.17, 15) is 0 Å². The number of nitrogens with two attached hydrogens (primary N) is 1. The first-order valence-electron chi connectivity index (χ1n) is 5.25. The minimum absolute atomic E-state index is 0.199. The van der Waals surface area contributed by atoms with Crippen LogP contribution in [0, 0.1) is 6.92 Å². The maximum Gasteiger partial charge on any atom is 0.122 e. The third-order valence-electron chi connectivity index (χ3n) is 2.65. The van der Waals surface area contributed by atoms with Gasteiger partial charge >= 0.3 is 0 Å². The molecule has 1 atom stereocenters. The number of nitrogens with zero attached hydrogens (tertiary/aromatic N) is 3. The lowest BCUT2D eigenvalue weighted by Gasteiger charge is -2.30. The van der Waals surface area contributed by atoms with Gasteiger partial charge in [0.15, 0.2) is 0 Å². The first kappa shape index (κ1) is 10.4. The van der Waals surface area contributed by atoms with Gasteiger partial charge in [-0.25, -0.2) is 4.68 Å². The topological polar surface area (TPSA) is 56.3 Å². The van der Waals surface area contributed by atoms with Gasteiger partial charge in [-0.2, -0.15) is 5.10 Å². The van der Waals surface area contributed by atoms with Crippen molar-refractivity contribution in [3.8, 4) is 0 Å². The largest absolute Gasteiger partial charge is 0.384 e. The molecular formula is C10H18N4O. The molecule has 2 N–H and O–H groups in total. The fourth-order valence-electron chi connectivity index (χ4n) is 1.88. The highest BCUT2D eigenvalue weighted by molar-refractivity contribution is 5.30. The van der Waals surface area contributed by atoms with Gasteiger partial charge < -0.3 is 15.4 Å². The summed E-state index contributed by atoms with van der Waals surface area (Å²) < 4.78 is 7.48. The quantitative estimate of drug-likeness (QED) is 0.752. The lowest BCUT2D eigenvalue weighted by atomic mass is 10.3. The van der Waals surface area contributed by atoms with Crippen molar-refractivity contribution in [3.63, 3.8) is 0 Å². The van der Waals surface area contributed by atoms with Crippen LogP contribution in [0.3, 0.4) is 0 Å². The SMILES string of the molecule is Cc1cc(N)n(C[C@@H]2CN(C)CCO2)n1. The number of morpholine rings is 1. The summed E-state index contributed by atoms with van der Waals surface area (Å²) >= 11 is 0. The van der Waals surface area contributed by atoms with Gasteiger partial charge in [-0.15, -0.1) is 0 Å². The van der Waals surface area contributed by atoms with E-state index in [0.717, 1.165) is 31.9 Å². The predicted molar refractivity (Wildman–Crippen MR) is 58.6 cm³/mol. The Hall–Kier alpha value is -1.07. The Kier molecular flexibility index (Phi) is 2.93. The van der Waals surface area contributed by atoms with Crippen molar-refractivity contribution < 1.29 is 4.74 Å². The van der Waals surface area contributed by atoms with E-state index >= 15 is 0 Å². The molecule has 1 saturated heterocycles. The van der Waals surface area contributed by atoms with E-state index < -0.39 is 0 Å². The molecule has 1 aliphatic rings. The van der Waals surface area contributed by atoms with E-state index in [1.54, 1.807) is 0 Å². The molecule has 0 amide bonds. The minimum atomic E-state index is 0.199. The number of nitrogen functional groups attached to an aromatic ring is 1. The molecule has 1 fully saturated rings. The Balaban J connectivity index is 1.99. The van der Waals surface area contributed by atoms with Crippen molar-refractivity contribution in [2.45, 2.75) is 19.6 Å². The molecule has 2 heterocycles. The van der Waals surface area contributed by atoms with Crippen LogP contribution in [-0.4, -0.2) is 47.5 Å². The summed E-state index contributed by atoms with van der Waals surface area (Å²) in [6.45, 7) is 5.43. The summed E-state index contributed by atoms with van der Waals surface area (Å²) in [6, 6.07) is 1.88. The molecule has 2 rings (SSSR count). The van der Waals surface area contributed by atoms with Crippen molar-refractivity contribution in [1.29, 1.82) is 0 Å². The second-order valence-corrected chi connectivity index (χ2v) is 4.15. The van der Waals surface area contributed by atoms with Crippen LogP contribution < -0.4 is 5.73 Å². The van der Waals surface area contributed by atoms with Gasteiger partial charge in [-0.05, 0) is 14.0 Å². The molecule has 84 valence electrons. The minimum Gasteiger partial charge on any atom is -0.384 e. The summed E-state index contributed by atoms with van der Waals surface area (Å²) in [6.07, 6.45) is 0.199. The van der Waals surface area contributed by atoms with Gasteiger partial charge in [0, 0.05) is 19.2 Å². The zero-order valence-electron chi connectivity index (χ0n) is 9.31. The zero-order valence-corrected chi connectivity index (χ0v) is 9.31. The van der Waals surface area contributed by atoms with Crippen LogP contribution in [0.25, 0.3) is 0 Å². The number of rotatable bonds is 2. The van der Waals surface area contributed by atoms with Gasteiger partial charge in [0.05, 0.1) is 24.9 Å². The second kappa shape index (κ2) is 4.20. The number of likely N-dealkylation sites (N-methyl/N-ethyl adjacent to an activating group) is 1. The summed E-state index contributed by atoms with van der Waals surface area (Å²) in [7, 11) is 2.10. The van der Waals surface area contributed by atoms with E-state index in [-0.39, 0.29) is 6.10 Å². The van der Waals surface area contributed by atoms with E-state index in [1.165, 1.54) is 0 Å². The molecule has 1 aromatic rings. The first-order chi connectivity index (χ1) is 7.15. The molecule has 0 bridgehead atoms. The van der Waals surface area contributed by atoms with Crippen LogP contribution in [0.5, 0.6) is 0 Å². The van der Waals surface area contributed by atoms with Crippen LogP contribution in [0.1, 0.15) is 5.69 Å². The molecule has 0 unspecified atom stereocenters. The smallest absolute Gasteiger partial charge is 0.122 e. The molecule has 0 spiro atoms. The number of aromatic nitrogens is 2. The molecule has 0 aromatic carbocycles. The van der Waals surface area contributed by atoms with Crippen molar-refractivity contribution in [3.05, 3.63) is 11.8 Å².